The van der Waals surface area contributed by atoms with E-state index in [9.17, 15) is 14.4 Å². The maximum absolute atomic E-state index is 12.5. The molecular formula is C16H24N2O4S. The molecule has 0 radical (unpaired) electrons. The predicted molar refractivity (Wildman–Crippen MR) is 89.3 cm³/mol. The third kappa shape index (κ3) is 6.40. The van der Waals surface area contributed by atoms with Crippen LogP contribution in [-0.4, -0.2) is 48.4 Å². The molecule has 1 unspecified atom stereocenters. The smallest absolute Gasteiger partial charge is 0.325 e. The number of hydrogen-bond acceptors (Lipinski definition) is 5. The molecule has 23 heavy (non-hydrogen) atoms. The van der Waals surface area contributed by atoms with Crippen molar-refractivity contribution in [3.63, 3.8) is 0 Å². The number of carbonyl (C=O) groups excluding carboxylic acids is 3. The van der Waals surface area contributed by atoms with Gasteiger partial charge in [-0.25, -0.2) is 0 Å². The second-order valence-electron chi connectivity index (χ2n) is 5.59. The van der Waals surface area contributed by atoms with Crippen molar-refractivity contribution in [3.8, 4) is 0 Å². The Balaban J connectivity index is 2.70. The van der Waals surface area contributed by atoms with E-state index in [2.05, 4.69) is 5.32 Å². The number of ether oxygens (including phenoxy) is 1. The number of thiophene rings is 1. The van der Waals surface area contributed by atoms with Crippen LogP contribution in [0.3, 0.4) is 0 Å². The minimum absolute atomic E-state index is 0.107. The first-order valence-electron chi connectivity index (χ1n) is 7.63. The Bertz CT molecular complexity index is 528. The van der Waals surface area contributed by atoms with Crippen LogP contribution in [0.2, 0.25) is 0 Å². The van der Waals surface area contributed by atoms with Crippen LogP contribution in [0.1, 0.15) is 37.4 Å². The van der Waals surface area contributed by atoms with Gasteiger partial charge in [0.05, 0.1) is 11.5 Å². The summed E-state index contributed by atoms with van der Waals surface area (Å²) in [5.41, 5.74) is 0. The Morgan fingerprint density at radius 3 is 2.52 bits per heavy atom. The zero-order valence-electron chi connectivity index (χ0n) is 14.0. The summed E-state index contributed by atoms with van der Waals surface area (Å²) in [6, 6.07) is 2.76. The van der Waals surface area contributed by atoms with Gasteiger partial charge in [0.2, 0.25) is 5.91 Å². The molecule has 0 aromatic carbocycles. The highest BCUT2D eigenvalue weighted by Gasteiger charge is 2.25. The number of nitrogens with one attached hydrogen (secondary N) is 1. The van der Waals surface area contributed by atoms with Crippen molar-refractivity contribution in [1.82, 2.24) is 10.2 Å². The highest BCUT2D eigenvalue weighted by molar-refractivity contribution is 7.12. The quantitative estimate of drug-likeness (QED) is 0.734. The first-order chi connectivity index (χ1) is 10.8. The lowest BCUT2D eigenvalue weighted by atomic mass is 10.2. The molecule has 6 nitrogen and oxygen atoms in total. The molecule has 1 aromatic heterocycles. The molecule has 0 fully saturated rings. The number of hydrogen-bond donors (Lipinski definition) is 1. The van der Waals surface area contributed by atoms with Crippen molar-refractivity contribution in [2.45, 2.75) is 33.7 Å². The second kappa shape index (κ2) is 9.29. The monoisotopic (exact) mass is 340 g/mol. The van der Waals surface area contributed by atoms with Crippen molar-refractivity contribution >= 4 is 29.1 Å². The summed E-state index contributed by atoms with van der Waals surface area (Å²) in [5, 5.41) is 4.47. The average molecular weight is 340 g/mol. The van der Waals surface area contributed by atoms with Crippen LogP contribution >= 0.6 is 11.3 Å². The highest BCUT2D eigenvalue weighted by Crippen LogP contribution is 2.09. The number of carbonyl (C=O) groups is 3. The van der Waals surface area contributed by atoms with Gasteiger partial charge in [-0.3, -0.25) is 14.4 Å². The molecule has 0 saturated carbocycles. The van der Waals surface area contributed by atoms with Crippen LogP contribution in [0.4, 0.5) is 0 Å². The summed E-state index contributed by atoms with van der Waals surface area (Å²) in [4.78, 5) is 38.2. The molecule has 1 atom stereocenters. The van der Waals surface area contributed by atoms with Gasteiger partial charge < -0.3 is 15.0 Å². The van der Waals surface area contributed by atoms with Gasteiger partial charge in [-0.05, 0) is 31.2 Å². The minimum Gasteiger partial charge on any atom is -0.465 e. The van der Waals surface area contributed by atoms with Gasteiger partial charge in [0, 0.05) is 6.54 Å². The molecule has 1 heterocycles. The summed E-state index contributed by atoms with van der Waals surface area (Å²) < 4.78 is 4.91. The number of rotatable bonds is 8. The van der Waals surface area contributed by atoms with Gasteiger partial charge in [0.1, 0.15) is 12.6 Å². The fourth-order valence-corrected chi connectivity index (χ4v) is 2.67. The normalized spacial score (nSPS) is 11.9. The molecule has 0 aliphatic carbocycles. The number of nitrogens with zero attached hydrogens (tertiary/aromatic N) is 1. The van der Waals surface area contributed by atoms with Crippen LogP contribution in [0.5, 0.6) is 0 Å². The maximum atomic E-state index is 12.5. The predicted octanol–water partition coefficient (Wildman–Crippen LogP) is 1.91. The molecule has 7 heteroatoms. The van der Waals surface area contributed by atoms with Gasteiger partial charge in [-0.15, -0.1) is 11.3 Å². The largest absolute Gasteiger partial charge is 0.465 e. The molecule has 1 aromatic rings. The zero-order valence-corrected chi connectivity index (χ0v) is 14.8. The fourth-order valence-electron chi connectivity index (χ4n) is 2.05. The summed E-state index contributed by atoms with van der Waals surface area (Å²) in [7, 11) is 0. The standard InChI is InChI=1S/C16H24N2O4S/c1-5-22-14(19)10-18(9-11(2)3)16(21)12(4)17-15(20)13-7-6-8-23-13/h6-8,11-12H,5,9-10H2,1-4H3,(H,17,20). The van der Waals surface area contributed by atoms with Gasteiger partial charge >= 0.3 is 5.97 Å². The Morgan fingerprint density at radius 2 is 2.00 bits per heavy atom. The molecule has 2 amide bonds. The number of esters is 1. The lowest BCUT2D eigenvalue weighted by molar-refractivity contribution is -0.149. The van der Waals surface area contributed by atoms with E-state index in [1.807, 2.05) is 13.8 Å². The van der Waals surface area contributed by atoms with Crippen molar-refractivity contribution in [2.24, 2.45) is 5.92 Å². The molecule has 1 rings (SSSR count). The molecule has 1 N–H and O–H groups in total. The lowest BCUT2D eigenvalue weighted by Crippen LogP contribution is -2.49. The summed E-state index contributed by atoms with van der Waals surface area (Å²) in [6.07, 6.45) is 0. The van der Waals surface area contributed by atoms with Crippen LogP contribution in [0, 0.1) is 5.92 Å². The van der Waals surface area contributed by atoms with E-state index in [1.54, 1.807) is 31.4 Å². The second-order valence-corrected chi connectivity index (χ2v) is 6.54. The van der Waals surface area contributed by atoms with E-state index < -0.39 is 12.0 Å². The van der Waals surface area contributed by atoms with Crippen LogP contribution in [-0.2, 0) is 14.3 Å². The SMILES string of the molecule is CCOC(=O)CN(CC(C)C)C(=O)C(C)NC(=O)c1cccs1. The van der Waals surface area contributed by atoms with Gasteiger partial charge in [0.15, 0.2) is 0 Å². The van der Waals surface area contributed by atoms with Crippen molar-refractivity contribution in [1.29, 1.82) is 0 Å². The van der Waals surface area contributed by atoms with Crippen molar-refractivity contribution in [2.75, 3.05) is 19.7 Å². The Kier molecular flexibility index (Phi) is 7.74. The average Bonchev–Trinajstić information content (AvgIpc) is 2.99. The van der Waals surface area contributed by atoms with Crippen molar-refractivity contribution < 1.29 is 19.1 Å². The van der Waals surface area contributed by atoms with E-state index in [-0.39, 0.29) is 30.9 Å². The molecular weight excluding hydrogens is 316 g/mol. The first-order valence-corrected chi connectivity index (χ1v) is 8.51. The van der Waals surface area contributed by atoms with Gasteiger partial charge in [-0.2, -0.15) is 0 Å². The third-order valence-electron chi connectivity index (χ3n) is 2.99. The lowest BCUT2D eigenvalue weighted by Gasteiger charge is -2.26. The Hall–Kier alpha value is -1.89. The molecule has 0 bridgehead atoms. The van der Waals surface area contributed by atoms with Gasteiger partial charge in [0.25, 0.3) is 5.91 Å². The van der Waals surface area contributed by atoms with Crippen LogP contribution in [0.15, 0.2) is 17.5 Å². The molecule has 0 aliphatic rings. The summed E-state index contributed by atoms with van der Waals surface area (Å²) >= 11 is 1.31. The fraction of sp³-hybridized carbons (Fsp3) is 0.562. The maximum Gasteiger partial charge on any atom is 0.325 e. The number of amides is 2. The van der Waals surface area contributed by atoms with E-state index >= 15 is 0 Å². The van der Waals surface area contributed by atoms with E-state index in [4.69, 9.17) is 4.74 Å². The molecule has 0 saturated heterocycles. The highest BCUT2D eigenvalue weighted by atomic mass is 32.1. The van der Waals surface area contributed by atoms with Crippen LogP contribution < -0.4 is 5.32 Å². The Labute approximate surface area is 140 Å². The van der Waals surface area contributed by atoms with E-state index in [0.717, 1.165) is 0 Å². The Morgan fingerprint density at radius 1 is 1.30 bits per heavy atom. The van der Waals surface area contributed by atoms with E-state index in [0.29, 0.717) is 11.4 Å². The van der Waals surface area contributed by atoms with Gasteiger partial charge in [-0.1, -0.05) is 19.9 Å². The molecule has 0 spiro atoms. The first kappa shape index (κ1) is 19.2. The minimum atomic E-state index is -0.710. The van der Waals surface area contributed by atoms with E-state index in [1.165, 1.54) is 16.2 Å². The summed E-state index contributed by atoms with van der Waals surface area (Å²) in [5.74, 6) is -0.829. The molecule has 128 valence electrons. The molecule has 0 aliphatic heterocycles. The third-order valence-corrected chi connectivity index (χ3v) is 3.85. The summed E-state index contributed by atoms with van der Waals surface area (Å²) in [6.45, 7) is 7.84. The van der Waals surface area contributed by atoms with Crippen LogP contribution in [0.25, 0.3) is 0 Å². The van der Waals surface area contributed by atoms with Crippen molar-refractivity contribution in [3.05, 3.63) is 22.4 Å². The zero-order chi connectivity index (χ0) is 17.4. The topological polar surface area (TPSA) is 75.7 Å².